The number of fused-ring (bicyclic) bond motifs is 2. The van der Waals surface area contributed by atoms with E-state index < -0.39 is 6.09 Å². The van der Waals surface area contributed by atoms with Crippen molar-refractivity contribution in [2.45, 2.75) is 46.1 Å². The van der Waals surface area contributed by atoms with Gasteiger partial charge in [0.2, 0.25) is 0 Å². The van der Waals surface area contributed by atoms with E-state index in [2.05, 4.69) is 41.4 Å². The van der Waals surface area contributed by atoms with Gasteiger partial charge in [-0.05, 0) is 87.9 Å². The van der Waals surface area contributed by atoms with Crippen LogP contribution in [0.3, 0.4) is 0 Å². The highest BCUT2D eigenvalue weighted by atomic mass is 16.6. The summed E-state index contributed by atoms with van der Waals surface area (Å²) >= 11 is 0. The lowest BCUT2D eigenvalue weighted by molar-refractivity contribution is -0.118. The number of nitrogens with zero attached hydrogens (tertiary/aromatic N) is 3. The Morgan fingerprint density at radius 2 is 1.97 bits per heavy atom. The van der Waals surface area contributed by atoms with Gasteiger partial charge in [-0.25, -0.2) is 9.78 Å². The Labute approximate surface area is 195 Å². The molecule has 9 heteroatoms. The van der Waals surface area contributed by atoms with E-state index in [1.54, 1.807) is 12.1 Å². The largest absolute Gasteiger partial charge is 0.480 e. The van der Waals surface area contributed by atoms with Gasteiger partial charge in [-0.3, -0.25) is 14.7 Å². The topological polar surface area (TPSA) is 106 Å². The Kier molecular flexibility index (Phi) is 5.65. The molecule has 0 aromatic carbocycles. The number of aromatic nitrogens is 2. The van der Waals surface area contributed by atoms with Crippen LogP contribution in [0.4, 0.5) is 16.4 Å². The van der Waals surface area contributed by atoms with Gasteiger partial charge in [-0.2, -0.15) is 0 Å². The Morgan fingerprint density at radius 3 is 2.82 bits per heavy atom. The van der Waals surface area contributed by atoms with Crippen LogP contribution in [0.5, 0.6) is 5.75 Å². The van der Waals surface area contributed by atoms with Crippen molar-refractivity contribution >= 4 is 23.6 Å². The third-order valence-corrected chi connectivity index (χ3v) is 6.80. The van der Waals surface area contributed by atoms with Gasteiger partial charge < -0.3 is 20.1 Å². The smallest absolute Gasteiger partial charge is 0.415 e. The molecule has 0 spiro atoms. The molecule has 2 unspecified atom stereocenters. The van der Waals surface area contributed by atoms with Crippen LogP contribution in [0.1, 0.15) is 37.4 Å². The molecule has 0 bridgehead atoms. The summed E-state index contributed by atoms with van der Waals surface area (Å²) in [6, 6.07) is 3.41. The molecule has 9 nitrogen and oxygen atoms in total. The Bertz CT molecular complexity index is 1130. The summed E-state index contributed by atoms with van der Waals surface area (Å²) in [6.45, 7) is 8.48. The Morgan fingerprint density at radius 1 is 1.15 bits per heavy atom. The summed E-state index contributed by atoms with van der Waals surface area (Å²) in [4.78, 5) is 34.5. The minimum atomic E-state index is -0.421. The van der Waals surface area contributed by atoms with Gasteiger partial charge in [0, 0.05) is 14.2 Å². The lowest BCUT2D eigenvalue weighted by atomic mass is 10.0. The van der Waals surface area contributed by atoms with Crippen molar-refractivity contribution in [2.24, 2.45) is 5.92 Å². The third-order valence-electron chi connectivity index (χ3n) is 6.80. The zero-order chi connectivity index (χ0) is 23.1. The van der Waals surface area contributed by atoms with Crippen LogP contribution in [0, 0.1) is 26.7 Å². The van der Waals surface area contributed by atoms with Crippen molar-refractivity contribution in [3.05, 3.63) is 40.2 Å². The number of nitrogens with one attached hydrogen (secondary N) is 2. The Balaban J connectivity index is 0.00000171. The minimum absolute atomic E-state index is 0. The second-order valence-corrected chi connectivity index (χ2v) is 9.10. The molecule has 1 saturated heterocycles. The van der Waals surface area contributed by atoms with E-state index >= 15 is 0 Å². The molecular weight excluding hydrogens is 422 g/mol. The molecule has 2 amide bonds. The van der Waals surface area contributed by atoms with E-state index in [0.717, 1.165) is 43.7 Å². The van der Waals surface area contributed by atoms with Gasteiger partial charge in [-0.15, -0.1) is 0 Å². The highest BCUT2D eigenvalue weighted by molar-refractivity contribution is 5.95. The SMILES string of the molecule is Cc1nc(C)c2c(c1C)CC(CNCCC1CN(c3ccc4c(n3)NC(=O)CO4)C(=O)O1)C2.[HH].[HH]. The second-order valence-electron chi connectivity index (χ2n) is 9.10. The molecule has 3 aliphatic rings. The van der Waals surface area contributed by atoms with Crippen molar-refractivity contribution in [2.75, 3.05) is 36.5 Å². The number of amides is 2. The van der Waals surface area contributed by atoms with Crippen molar-refractivity contribution in [1.29, 1.82) is 0 Å². The predicted molar refractivity (Wildman–Crippen MR) is 127 cm³/mol. The number of hydrogen-bond donors (Lipinski definition) is 2. The quantitative estimate of drug-likeness (QED) is 0.645. The van der Waals surface area contributed by atoms with Crippen molar-refractivity contribution in [3.8, 4) is 5.75 Å². The standard InChI is InChI=1S/C24H29N5O4.2H2/c1-13-14(2)26-15(3)19-9-16(8-18(13)19)10-25-7-6-17-11-29(24(31)33-17)21-5-4-20-23(27-21)28-22(30)12-32-20;;/h4-5,16-17,25H,6-12H2,1-3H3,(H,27,28,30);2*1H. The number of carbonyl (C=O) groups excluding carboxylic acids is 2. The fourth-order valence-corrected chi connectivity index (χ4v) is 4.94. The average Bonchev–Trinajstić information content (AvgIpc) is 3.38. The van der Waals surface area contributed by atoms with E-state index in [0.29, 0.717) is 29.8 Å². The highest BCUT2D eigenvalue weighted by Crippen LogP contribution is 2.32. The van der Waals surface area contributed by atoms with Gasteiger partial charge in [0.15, 0.2) is 18.2 Å². The lowest BCUT2D eigenvalue weighted by Crippen LogP contribution is -2.30. The van der Waals surface area contributed by atoms with Crippen LogP contribution in [-0.2, 0) is 22.4 Å². The molecule has 2 aromatic heterocycles. The van der Waals surface area contributed by atoms with E-state index in [9.17, 15) is 9.59 Å². The van der Waals surface area contributed by atoms with Crippen LogP contribution < -0.4 is 20.3 Å². The number of pyridine rings is 2. The van der Waals surface area contributed by atoms with Gasteiger partial charge in [0.25, 0.3) is 5.91 Å². The summed E-state index contributed by atoms with van der Waals surface area (Å²) in [5.41, 5.74) is 6.53. The van der Waals surface area contributed by atoms with Crippen molar-refractivity contribution in [1.82, 2.24) is 15.3 Å². The summed E-state index contributed by atoms with van der Waals surface area (Å²) in [6.07, 6.45) is 2.26. The number of carbonyl (C=O) groups is 2. The first-order valence-corrected chi connectivity index (χ1v) is 11.5. The molecule has 2 atom stereocenters. The van der Waals surface area contributed by atoms with E-state index in [1.807, 2.05) is 0 Å². The third kappa shape index (κ3) is 4.25. The number of rotatable bonds is 6. The van der Waals surface area contributed by atoms with Crippen LogP contribution >= 0.6 is 0 Å². The van der Waals surface area contributed by atoms with E-state index in [-0.39, 0.29) is 21.5 Å². The first-order valence-electron chi connectivity index (χ1n) is 11.5. The van der Waals surface area contributed by atoms with Gasteiger partial charge in [0.1, 0.15) is 11.9 Å². The van der Waals surface area contributed by atoms with Crippen LogP contribution in [-0.4, -0.2) is 54.3 Å². The Hall–Kier alpha value is -3.20. The summed E-state index contributed by atoms with van der Waals surface area (Å²) in [5.74, 6) is 1.58. The van der Waals surface area contributed by atoms with E-state index in [1.165, 1.54) is 21.6 Å². The lowest BCUT2D eigenvalue weighted by Gasteiger charge is -2.19. The minimum Gasteiger partial charge on any atom is -0.480 e. The number of anilines is 2. The molecule has 2 aromatic rings. The summed E-state index contributed by atoms with van der Waals surface area (Å²) in [5, 5.41) is 6.22. The molecule has 33 heavy (non-hydrogen) atoms. The molecule has 1 fully saturated rings. The van der Waals surface area contributed by atoms with Gasteiger partial charge in [0.05, 0.1) is 6.54 Å². The maximum absolute atomic E-state index is 12.4. The monoisotopic (exact) mass is 455 g/mol. The molecule has 0 radical (unpaired) electrons. The maximum Gasteiger partial charge on any atom is 0.415 e. The molecular formula is C24H33N5O4. The fourth-order valence-electron chi connectivity index (χ4n) is 4.94. The second kappa shape index (κ2) is 8.62. The highest BCUT2D eigenvalue weighted by Gasteiger charge is 2.34. The van der Waals surface area contributed by atoms with Crippen molar-refractivity contribution in [3.63, 3.8) is 0 Å². The number of ether oxygens (including phenoxy) is 2. The summed E-state index contributed by atoms with van der Waals surface area (Å²) < 4.78 is 10.9. The maximum atomic E-state index is 12.4. The summed E-state index contributed by atoms with van der Waals surface area (Å²) in [7, 11) is 0. The molecule has 1 aliphatic carbocycles. The zero-order valence-electron chi connectivity index (χ0n) is 19.2. The number of aryl methyl sites for hydroxylation is 2. The molecule has 0 saturated carbocycles. The van der Waals surface area contributed by atoms with E-state index in [4.69, 9.17) is 9.47 Å². The molecule has 5 rings (SSSR count). The van der Waals surface area contributed by atoms with Crippen LogP contribution in [0.2, 0.25) is 0 Å². The predicted octanol–water partition coefficient (Wildman–Crippen LogP) is 2.94. The van der Waals surface area contributed by atoms with Crippen LogP contribution in [0.15, 0.2) is 12.1 Å². The van der Waals surface area contributed by atoms with Gasteiger partial charge in [-0.1, -0.05) is 0 Å². The average molecular weight is 456 g/mol. The first kappa shape index (κ1) is 21.6. The number of hydrogen-bond acceptors (Lipinski definition) is 7. The number of cyclic esters (lactones) is 1. The molecule has 2 aliphatic heterocycles. The van der Waals surface area contributed by atoms with Crippen LogP contribution in [0.25, 0.3) is 0 Å². The first-order chi connectivity index (χ1) is 15.9. The zero-order valence-corrected chi connectivity index (χ0v) is 19.2. The molecule has 178 valence electrons. The fraction of sp³-hybridized carbons (Fsp3) is 0.500. The van der Waals surface area contributed by atoms with Crippen molar-refractivity contribution < 1.29 is 21.9 Å². The normalized spacial score (nSPS) is 21.4. The molecule has 2 N–H and O–H groups in total. The molecule has 4 heterocycles. The van der Waals surface area contributed by atoms with Gasteiger partial charge >= 0.3 is 6.09 Å².